The van der Waals surface area contributed by atoms with E-state index in [1.54, 1.807) is 30.3 Å². The summed E-state index contributed by atoms with van der Waals surface area (Å²) in [6.07, 6.45) is 0.373. The number of ether oxygens (including phenoxy) is 1. The SMILES string of the molecule is COC(=O)c1cccc(Cn2nc(-c3cccc(CCOS(=O)(=O)c4ccc(C)cc4)c3)c(C)cc2=O)c1. The summed E-state index contributed by atoms with van der Waals surface area (Å²) in [6, 6.07) is 22.4. The van der Waals surface area contributed by atoms with Gasteiger partial charge < -0.3 is 4.74 Å². The van der Waals surface area contributed by atoms with Crippen molar-refractivity contribution in [3.8, 4) is 11.3 Å². The lowest BCUT2D eigenvalue weighted by atomic mass is 10.0. The predicted molar refractivity (Wildman–Crippen MR) is 144 cm³/mol. The molecule has 4 rings (SSSR count). The van der Waals surface area contributed by atoms with Gasteiger partial charge >= 0.3 is 5.97 Å². The maximum Gasteiger partial charge on any atom is 0.337 e. The van der Waals surface area contributed by atoms with Gasteiger partial charge in [0.1, 0.15) is 0 Å². The van der Waals surface area contributed by atoms with Gasteiger partial charge in [0.05, 0.1) is 36.4 Å². The van der Waals surface area contributed by atoms with Gasteiger partial charge in [-0.2, -0.15) is 13.5 Å². The smallest absolute Gasteiger partial charge is 0.337 e. The van der Waals surface area contributed by atoms with Crippen LogP contribution in [0.2, 0.25) is 0 Å². The summed E-state index contributed by atoms with van der Waals surface area (Å²) < 4.78 is 36.3. The van der Waals surface area contributed by atoms with Gasteiger partial charge in [0, 0.05) is 11.6 Å². The zero-order chi connectivity index (χ0) is 27.3. The third-order valence-corrected chi connectivity index (χ3v) is 7.33. The molecule has 0 bridgehead atoms. The van der Waals surface area contributed by atoms with Crippen molar-refractivity contribution in [3.63, 3.8) is 0 Å². The van der Waals surface area contributed by atoms with E-state index in [0.717, 1.165) is 22.3 Å². The topological polar surface area (TPSA) is 105 Å². The number of methoxy groups -OCH3 is 1. The molecule has 0 aliphatic carbocycles. The lowest BCUT2D eigenvalue weighted by Crippen LogP contribution is -2.24. The van der Waals surface area contributed by atoms with Crippen LogP contribution in [-0.2, 0) is 32.0 Å². The quantitative estimate of drug-likeness (QED) is 0.234. The summed E-state index contributed by atoms with van der Waals surface area (Å²) in [5, 5.41) is 4.60. The van der Waals surface area contributed by atoms with Crippen LogP contribution in [0.5, 0.6) is 0 Å². The van der Waals surface area contributed by atoms with Gasteiger partial charge in [0.15, 0.2) is 0 Å². The van der Waals surface area contributed by atoms with Crippen LogP contribution in [0, 0.1) is 13.8 Å². The minimum Gasteiger partial charge on any atom is -0.465 e. The van der Waals surface area contributed by atoms with Crippen LogP contribution in [-0.4, -0.2) is 37.9 Å². The summed E-state index contributed by atoms with van der Waals surface area (Å²) in [5.41, 5.74) is 4.83. The molecule has 0 atom stereocenters. The largest absolute Gasteiger partial charge is 0.465 e. The molecule has 0 amide bonds. The van der Waals surface area contributed by atoms with E-state index in [1.807, 2.05) is 44.2 Å². The van der Waals surface area contributed by atoms with Crippen LogP contribution in [0.4, 0.5) is 0 Å². The fourth-order valence-electron chi connectivity index (χ4n) is 3.98. The van der Waals surface area contributed by atoms with Crippen LogP contribution in [0.15, 0.2) is 88.6 Å². The standard InChI is InChI=1S/C29H28N2O6S/c1-20-10-12-26(13-11-20)38(34,35)37-15-14-22-6-4-8-24(17-22)28-21(2)16-27(32)31(30-28)19-23-7-5-9-25(18-23)29(33)36-3/h4-13,16-18H,14-15,19H2,1-3H3. The Morgan fingerprint density at radius 2 is 1.63 bits per heavy atom. The molecule has 0 saturated heterocycles. The van der Waals surface area contributed by atoms with Gasteiger partial charge in [-0.3, -0.25) is 8.98 Å². The minimum atomic E-state index is -3.85. The number of esters is 1. The summed E-state index contributed by atoms with van der Waals surface area (Å²) >= 11 is 0. The van der Waals surface area contributed by atoms with E-state index >= 15 is 0 Å². The molecular formula is C29H28N2O6S. The average molecular weight is 533 g/mol. The zero-order valence-corrected chi connectivity index (χ0v) is 22.2. The van der Waals surface area contributed by atoms with Crippen molar-refractivity contribution >= 4 is 16.1 Å². The first kappa shape index (κ1) is 27.0. The molecule has 3 aromatic carbocycles. The predicted octanol–water partition coefficient (Wildman–Crippen LogP) is 4.31. The summed E-state index contributed by atoms with van der Waals surface area (Å²) in [7, 11) is -2.53. The molecular weight excluding hydrogens is 504 g/mol. The number of benzene rings is 3. The second-order valence-corrected chi connectivity index (χ2v) is 10.5. The molecule has 9 heteroatoms. The van der Waals surface area contributed by atoms with Crippen molar-refractivity contribution in [3.05, 3.63) is 117 Å². The van der Waals surface area contributed by atoms with Gasteiger partial charge in [0.2, 0.25) is 0 Å². The lowest BCUT2D eigenvalue weighted by molar-refractivity contribution is 0.0600. The molecule has 0 aliphatic heterocycles. The van der Waals surface area contributed by atoms with Gasteiger partial charge in [-0.25, -0.2) is 9.48 Å². The highest BCUT2D eigenvalue weighted by atomic mass is 32.2. The molecule has 0 radical (unpaired) electrons. The molecule has 0 spiro atoms. The van der Waals surface area contributed by atoms with Crippen molar-refractivity contribution in [2.75, 3.05) is 13.7 Å². The second kappa shape index (κ2) is 11.5. The molecule has 1 aromatic heterocycles. The second-order valence-electron chi connectivity index (χ2n) is 8.90. The monoisotopic (exact) mass is 532 g/mol. The van der Waals surface area contributed by atoms with E-state index in [9.17, 15) is 18.0 Å². The number of aryl methyl sites for hydroxylation is 2. The number of aromatic nitrogens is 2. The Balaban J connectivity index is 1.52. The molecule has 4 aromatic rings. The van der Waals surface area contributed by atoms with Crippen molar-refractivity contribution < 1.29 is 22.1 Å². The average Bonchev–Trinajstić information content (AvgIpc) is 2.90. The fourth-order valence-corrected chi connectivity index (χ4v) is 4.89. The highest BCUT2D eigenvalue weighted by Gasteiger charge is 2.15. The molecule has 1 heterocycles. The molecule has 38 heavy (non-hydrogen) atoms. The highest BCUT2D eigenvalue weighted by Crippen LogP contribution is 2.22. The van der Waals surface area contributed by atoms with Gasteiger partial charge in [-0.05, 0) is 67.3 Å². The van der Waals surface area contributed by atoms with Gasteiger partial charge in [0.25, 0.3) is 15.7 Å². The first-order chi connectivity index (χ1) is 18.2. The van der Waals surface area contributed by atoms with Gasteiger partial charge in [-0.15, -0.1) is 0 Å². The normalized spacial score (nSPS) is 11.3. The van der Waals surface area contributed by atoms with E-state index in [4.69, 9.17) is 8.92 Å². The number of hydrogen-bond donors (Lipinski definition) is 0. The number of nitrogens with zero attached hydrogens (tertiary/aromatic N) is 2. The number of carbonyl (C=O) groups is 1. The van der Waals surface area contributed by atoms with E-state index in [-0.39, 0.29) is 23.6 Å². The molecule has 0 N–H and O–H groups in total. The van der Waals surface area contributed by atoms with Crippen molar-refractivity contribution in [1.82, 2.24) is 9.78 Å². The Hall–Kier alpha value is -4.08. The highest BCUT2D eigenvalue weighted by molar-refractivity contribution is 7.86. The Kier molecular flexibility index (Phi) is 8.19. The summed E-state index contributed by atoms with van der Waals surface area (Å²) in [6.45, 7) is 3.87. The third kappa shape index (κ3) is 6.42. The third-order valence-electron chi connectivity index (χ3n) is 6.01. The fraction of sp³-hybridized carbons (Fsp3) is 0.207. The maximum absolute atomic E-state index is 12.7. The van der Waals surface area contributed by atoms with Crippen LogP contribution in [0.3, 0.4) is 0 Å². The minimum absolute atomic E-state index is 0.0118. The Morgan fingerprint density at radius 3 is 2.37 bits per heavy atom. The van der Waals surface area contributed by atoms with Crippen molar-refractivity contribution in [2.24, 2.45) is 0 Å². The van der Waals surface area contributed by atoms with Crippen LogP contribution >= 0.6 is 0 Å². The summed E-state index contributed by atoms with van der Waals surface area (Å²) in [5.74, 6) is -0.454. The number of carbonyl (C=O) groups excluding carboxylic acids is 1. The molecule has 0 saturated carbocycles. The van der Waals surface area contributed by atoms with E-state index in [2.05, 4.69) is 5.10 Å². The summed E-state index contributed by atoms with van der Waals surface area (Å²) in [4.78, 5) is 24.7. The first-order valence-electron chi connectivity index (χ1n) is 12.0. The van der Waals surface area contributed by atoms with Crippen LogP contribution < -0.4 is 5.56 Å². The van der Waals surface area contributed by atoms with Gasteiger partial charge in [-0.1, -0.05) is 48.0 Å². The molecule has 0 fully saturated rings. The molecule has 196 valence electrons. The number of rotatable bonds is 9. The Morgan fingerprint density at radius 1 is 0.921 bits per heavy atom. The van der Waals surface area contributed by atoms with E-state index < -0.39 is 16.1 Å². The van der Waals surface area contributed by atoms with Crippen LogP contribution in [0.1, 0.15) is 32.6 Å². The lowest BCUT2D eigenvalue weighted by Gasteiger charge is -2.12. The Bertz CT molecular complexity index is 1630. The van der Waals surface area contributed by atoms with Crippen LogP contribution in [0.25, 0.3) is 11.3 Å². The van der Waals surface area contributed by atoms with Crippen molar-refractivity contribution in [1.29, 1.82) is 0 Å². The molecule has 0 aliphatic rings. The zero-order valence-electron chi connectivity index (χ0n) is 21.4. The number of hydrogen-bond acceptors (Lipinski definition) is 7. The first-order valence-corrected chi connectivity index (χ1v) is 13.4. The Labute approximate surface area is 221 Å². The molecule has 0 unspecified atom stereocenters. The van der Waals surface area contributed by atoms with E-state index in [0.29, 0.717) is 23.2 Å². The maximum atomic E-state index is 12.7. The molecule has 8 nitrogen and oxygen atoms in total. The van der Waals surface area contributed by atoms with E-state index in [1.165, 1.54) is 30.0 Å². The van der Waals surface area contributed by atoms with Crippen molar-refractivity contribution in [2.45, 2.75) is 31.7 Å².